The van der Waals surface area contributed by atoms with Crippen LogP contribution in [0.2, 0.25) is 5.15 Å². The molecule has 0 bridgehead atoms. The Morgan fingerprint density at radius 2 is 2.00 bits per heavy atom. The van der Waals surface area contributed by atoms with Crippen molar-refractivity contribution in [2.75, 3.05) is 13.1 Å². The van der Waals surface area contributed by atoms with Gasteiger partial charge in [0, 0.05) is 18.5 Å². The molecule has 3 nitrogen and oxygen atoms in total. The molecule has 4 heteroatoms. The summed E-state index contributed by atoms with van der Waals surface area (Å²) in [6, 6.07) is 15.8. The van der Waals surface area contributed by atoms with E-state index in [-0.39, 0.29) is 6.10 Å². The summed E-state index contributed by atoms with van der Waals surface area (Å²) in [6.07, 6.45) is 1.12. The summed E-state index contributed by atoms with van der Waals surface area (Å²) >= 11 is 5.93. The molecule has 1 aromatic heterocycles. The third-order valence-corrected chi connectivity index (χ3v) is 3.80. The minimum atomic E-state index is 0.0113. The predicted octanol–water partition coefficient (Wildman–Crippen LogP) is 3.46. The highest BCUT2D eigenvalue weighted by atomic mass is 35.5. The molecule has 104 valence electrons. The molecule has 2 atom stereocenters. The van der Waals surface area contributed by atoms with Crippen LogP contribution in [0, 0.1) is 5.92 Å². The molecule has 0 amide bonds. The largest absolute Gasteiger partial charge is 0.469 e. The minimum absolute atomic E-state index is 0.0113. The monoisotopic (exact) mass is 288 g/mol. The first-order valence-electron chi connectivity index (χ1n) is 6.88. The number of halogens is 1. The van der Waals surface area contributed by atoms with Crippen molar-refractivity contribution in [3.05, 3.63) is 59.2 Å². The van der Waals surface area contributed by atoms with E-state index in [1.807, 2.05) is 30.3 Å². The zero-order chi connectivity index (χ0) is 13.8. The van der Waals surface area contributed by atoms with Gasteiger partial charge in [-0.3, -0.25) is 0 Å². The van der Waals surface area contributed by atoms with Crippen molar-refractivity contribution in [1.29, 1.82) is 0 Å². The van der Waals surface area contributed by atoms with Gasteiger partial charge in [-0.1, -0.05) is 48.0 Å². The zero-order valence-corrected chi connectivity index (χ0v) is 11.9. The maximum absolute atomic E-state index is 6.13. The van der Waals surface area contributed by atoms with E-state index >= 15 is 0 Å². The van der Waals surface area contributed by atoms with Crippen LogP contribution in [0.3, 0.4) is 0 Å². The van der Waals surface area contributed by atoms with Gasteiger partial charge in [0.05, 0.1) is 0 Å². The SMILES string of the molecule is Clc1cccc(OC(c2ccccc2)C2CCNC2)n1. The fraction of sp³-hybridized carbons (Fsp3) is 0.312. The molecule has 20 heavy (non-hydrogen) atoms. The summed E-state index contributed by atoms with van der Waals surface area (Å²) in [7, 11) is 0. The molecule has 0 spiro atoms. The molecule has 0 aliphatic carbocycles. The highest BCUT2D eigenvalue weighted by Gasteiger charge is 2.28. The number of nitrogens with one attached hydrogen (secondary N) is 1. The number of aromatic nitrogens is 1. The van der Waals surface area contributed by atoms with Gasteiger partial charge >= 0.3 is 0 Å². The molecular weight excluding hydrogens is 272 g/mol. The van der Waals surface area contributed by atoms with Crippen molar-refractivity contribution in [3.8, 4) is 5.88 Å². The topological polar surface area (TPSA) is 34.1 Å². The molecule has 2 unspecified atom stereocenters. The first-order chi connectivity index (χ1) is 9.83. The lowest BCUT2D eigenvalue weighted by molar-refractivity contribution is 0.138. The number of nitrogens with zero attached hydrogens (tertiary/aromatic N) is 1. The summed E-state index contributed by atoms with van der Waals surface area (Å²) < 4.78 is 6.13. The fourth-order valence-electron chi connectivity index (χ4n) is 2.60. The first-order valence-corrected chi connectivity index (χ1v) is 7.25. The number of benzene rings is 1. The lowest BCUT2D eigenvalue weighted by Gasteiger charge is -2.24. The Bertz CT molecular complexity index is 555. The zero-order valence-electron chi connectivity index (χ0n) is 11.1. The second-order valence-corrected chi connectivity index (χ2v) is 5.39. The van der Waals surface area contributed by atoms with Crippen molar-refractivity contribution >= 4 is 11.6 Å². The van der Waals surface area contributed by atoms with E-state index in [2.05, 4.69) is 22.4 Å². The third kappa shape index (κ3) is 3.11. The third-order valence-electron chi connectivity index (χ3n) is 3.59. The highest BCUT2D eigenvalue weighted by molar-refractivity contribution is 6.29. The molecule has 2 aromatic rings. The van der Waals surface area contributed by atoms with Crippen molar-refractivity contribution < 1.29 is 4.74 Å². The number of ether oxygens (including phenoxy) is 1. The molecule has 1 fully saturated rings. The van der Waals surface area contributed by atoms with Crippen molar-refractivity contribution in [2.45, 2.75) is 12.5 Å². The number of rotatable bonds is 4. The lowest BCUT2D eigenvalue weighted by Crippen LogP contribution is -2.21. The Morgan fingerprint density at radius 1 is 1.15 bits per heavy atom. The van der Waals surface area contributed by atoms with Gasteiger partial charge in [0.15, 0.2) is 0 Å². The Morgan fingerprint density at radius 3 is 2.70 bits per heavy atom. The van der Waals surface area contributed by atoms with Gasteiger partial charge in [0.25, 0.3) is 0 Å². The predicted molar refractivity (Wildman–Crippen MR) is 80.0 cm³/mol. The van der Waals surface area contributed by atoms with Crippen LogP contribution in [0.15, 0.2) is 48.5 Å². The molecule has 1 saturated heterocycles. The average molecular weight is 289 g/mol. The molecule has 1 N–H and O–H groups in total. The van der Waals surface area contributed by atoms with Crippen LogP contribution < -0.4 is 10.1 Å². The van der Waals surface area contributed by atoms with Crippen LogP contribution in [-0.2, 0) is 0 Å². The molecule has 0 radical (unpaired) electrons. The highest BCUT2D eigenvalue weighted by Crippen LogP contribution is 2.31. The quantitative estimate of drug-likeness (QED) is 0.875. The standard InChI is InChI=1S/C16H17ClN2O/c17-14-7-4-8-15(19-14)20-16(13-9-10-18-11-13)12-5-2-1-3-6-12/h1-8,13,16,18H,9-11H2. The maximum Gasteiger partial charge on any atom is 0.215 e. The van der Waals surface area contributed by atoms with Crippen LogP contribution >= 0.6 is 11.6 Å². The van der Waals surface area contributed by atoms with Gasteiger partial charge in [-0.05, 0) is 24.6 Å². The summed E-state index contributed by atoms with van der Waals surface area (Å²) in [5, 5.41) is 3.85. The first kappa shape index (κ1) is 13.4. The average Bonchev–Trinajstić information content (AvgIpc) is 3.00. The molecule has 2 heterocycles. The van der Waals surface area contributed by atoms with E-state index in [4.69, 9.17) is 16.3 Å². The van der Waals surface area contributed by atoms with Crippen LogP contribution in [0.5, 0.6) is 5.88 Å². The number of hydrogen-bond acceptors (Lipinski definition) is 3. The second-order valence-electron chi connectivity index (χ2n) is 5.00. The maximum atomic E-state index is 6.13. The summed E-state index contributed by atoms with van der Waals surface area (Å²) in [6.45, 7) is 2.01. The van der Waals surface area contributed by atoms with Crippen LogP contribution in [0.1, 0.15) is 18.1 Å². The molecule has 1 aliphatic heterocycles. The Kier molecular flexibility index (Phi) is 4.19. The summed E-state index contributed by atoms with van der Waals surface area (Å²) in [5.41, 5.74) is 1.18. The van der Waals surface area contributed by atoms with Crippen molar-refractivity contribution in [1.82, 2.24) is 10.3 Å². The van der Waals surface area contributed by atoms with Gasteiger partial charge in [-0.15, -0.1) is 0 Å². The molecule has 3 rings (SSSR count). The molecular formula is C16H17ClN2O. The molecule has 1 aromatic carbocycles. The van der Waals surface area contributed by atoms with Gasteiger partial charge in [-0.25, -0.2) is 4.98 Å². The van der Waals surface area contributed by atoms with E-state index in [1.54, 1.807) is 6.07 Å². The van der Waals surface area contributed by atoms with E-state index in [0.717, 1.165) is 19.5 Å². The summed E-state index contributed by atoms with van der Waals surface area (Å²) in [5.74, 6) is 1.04. The van der Waals surface area contributed by atoms with E-state index in [0.29, 0.717) is 17.0 Å². The summed E-state index contributed by atoms with van der Waals surface area (Å²) in [4.78, 5) is 4.23. The van der Waals surface area contributed by atoms with E-state index < -0.39 is 0 Å². The Balaban J connectivity index is 1.85. The van der Waals surface area contributed by atoms with Crippen LogP contribution in [-0.4, -0.2) is 18.1 Å². The molecule has 0 saturated carbocycles. The van der Waals surface area contributed by atoms with Gasteiger partial charge in [-0.2, -0.15) is 0 Å². The molecule has 1 aliphatic rings. The van der Waals surface area contributed by atoms with Crippen molar-refractivity contribution in [3.63, 3.8) is 0 Å². The normalized spacial score (nSPS) is 19.8. The Hall–Kier alpha value is -1.58. The van der Waals surface area contributed by atoms with E-state index in [9.17, 15) is 0 Å². The second kappa shape index (κ2) is 6.25. The van der Waals surface area contributed by atoms with Crippen LogP contribution in [0.4, 0.5) is 0 Å². The Labute approximate surface area is 123 Å². The van der Waals surface area contributed by atoms with Crippen molar-refractivity contribution in [2.24, 2.45) is 5.92 Å². The van der Waals surface area contributed by atoms with E-state index in [1.165, 1.54) is 5.56 Å². The van der Waals surface area contributed by atoms with Gasteiger partial charge < -0.3 is 10.1 Å². The smallest absolute Gasteiger partial charge is 0.215 e. The van der Waals surface area contributed by atoms with Gasteiger partial charge in [0.1, 0.15) is 11.3 Å². The van der Waals surface area contributed by atoms with Gasteiger partial charge in [0.2, 0.25) is 5.88 Å². The number of pyridine rings is 1. The van der Waals surface area contributed by atoms with Crippen LogP contribution in [0.25, 0.3) is 0 Å². The fourth-order valence-corrected chi connectivity index (χ4v) is 2.76. The minimum Gasteiger partial charge on any atom is -0.469 e. The lowest BCUT2D eigenvalue weighted by atomic mass is 9.95. The number of hydrogen-bond donors (Lipinski definition) is 1.